The van der Waals surface area contributed by atoms with Crippen LogP contribution in [0.25, 0.3) is 5.69 Å². The summed E-state index contributed by atoms with van der Waals surface area (Å²) < 4.78 is 2.45. The number of nitrogens with one attached hydrogen (secondary N) is 1. The Hall–Kier alpha value is -4.24. The molecule has 2 bridgehead atoms. The Morgan fingerprint density at radius 3 is 2.13 bits per heavy atom. The van der Waals surface area contributed by atoms with Crippen LogP contribution in [0.15, 0.2) is 52.1 Å². The number of aromatic nitrogens is 5. The number of nitriles is 2. The Bertz CT molecular complexity index is 1400. The average Bonchev–Trinajstić information content (AvgIpc) is 3.39. The van der Waals surface area contributed by atoms with Crippen LogP contribution in [0.1, 0.15) is 54.4 Å². The van der Waals surface area contributed by atoms with E-state index in [4.69, 9.17) is 0 Å². The highest BCUT2D eigenvalue weighted by Gasteiger charge is 2.62. The first-order chi connectivity index (χ1) is 14.9. The van der Waals surface area contributed by atoms with E-state index in [1.54, 1.807) is 30.3 Å². The zero-order chi connectivity index (χ0) is 21.9. The van der Waals surface area contributed by atoms with Gasteiger partial charge in [0.1, 0.15) is 17.7 Å². The second-order valence-corrected chi connectivity index (χ2v) is 7.91. The van der Waals surface area contributed by atoms with Gasteiger partial charge in [0.2, 0.25) is 0 Å². The largest absolute Gasteiger partial charge is 0.352 e. The van der Waals surface area contributed by atoms with Crippen LogP contribution in [0.3, 0.4) is 0 Å². The molecular weight excluding hydrogens is 394 g/mol. The quantitative estimate of drug-likeness (QED) is 0.654. The second kappa shape index (κ2) is 6.38. The molecule has 1 aromatic carbocycles. The van der Waals surface area contributed by atoms with Crippen LogP contribution < -0.4 is 11.4 Å². The van der Waals surface area contributed by atoms with E-state index in [1.807, 2.05) is 19.1 Å². The molecule has 0 spiro atoms. The van der Waals surface area contributed by atoms with Gasteiger partial charge in [-0.15, -0.1) is 0 Å². The summed E-state index contributed by atoms with van der Waals surface area (Å²) in [7, 11) is 0. The summed E-state index contributed by atoms with van der Waals surface area (Å²) in [6.45, 7) is 5.99. The third kappa shape index (κ3) is 2.23. The van der Waals surface area contributed by atoms with Crippen LogP contribution in [0.4, 0.5) is 0 Å². The number of H-pyrrole nitrogens is 1. The first-order valence-electron chi connectivity index (χ1n) is 9.83. The van der Waals surface area contributed by atoms with E-state index < -0.39 is 16.9 Å². The molecule has 2 aliphatic rings. The maximum atomic E-state index is 13.5. The Labute approximate surface area is 176 Å². The highest BCUT2D eigenvalue weighted by atomic mass is 16.2. The van der Waals surface area contributed by atoms with Crippen molar-refractivity contribution < 1.29 is 0 Å². The lowest BCUT2D eigenvalue weighted by Gasteiger charge is -2.34. The topological polar surface area (TPSA) is 133 Å². The fourth-order valence-corrected chi connectivity index (χ4v) is 5.37. The maximum Gasteiger partial charge on any atom is 0.352 e. The van der Waals surface area contributed by atoms with Crippen molar-refractivity contribution in [3.05, 3.63) is 86.2 Å². The van der Waals surface area contributed by atoms with Gasteiger partial charge < -0.3 is 0 Å². The monoisotopic (exact) mass is 411 g/mol. The predicted octanol–water partition coefficient (Wildman–Crippen LogP) is 1.81. The van der Waals surface area contributed by atoms with Gasteiger partial charge in [0, 0.05) is 11.8 Å². The summed E-state index contributed by atoms with van der Waals surface area (Å²) in [5, 5.41) is 21.5. The summed E-state index contributed by atoms with van der Waals surface area (Å²) in [6.07, 6.45) is 1.39. The van der Waals surface area contributed by atoms with Crippen molar-refractivity contribution in [1.29, 1.82) is 10.5 Å². The summed E-state index contributed by atoms with van der Waals surface area (Å²) in [5.41, 5.74) is 0.222. The van der Waals surface area contributed by atoms with Crippen LogP contribution >= 0.6 is 0 Å². The molecule has 3 atom stereocenters. The number of fused-ring (bicyclic) bond motifs is 5. The van der Waals surface area contributed by atoms with Crippen LogP contribution in [0.2, 0.25) is 0 Å². The van der Waals surface area contributed by atoms with Crippen molar-refractivity contribution in [3.8, 4) is 17.8 Å². The molecule has 3 aromatic rings. The molecule has 0 saturated heterocycles. The molecule has 31 heavy (non-hydrogen) atoms. The van der Waals surface area contributed by atoms with Crippen LogP contribution in [-0.4, -0.2) is 24.3 Å². The smallest absolute Gasteiger partial charge is 0.246 e. The molecule has 0 amide bonds. The highest BCUT2D eigenvalue weighted by molar-refractivity contribution is 5.49. The Morgan fingerprint density at radius 2 is 1.65 bits per heavy atom. The van der Waals surface area contributed by atoms with E-state index in [0.29, 0.717) is 35.5 Å². The van der Waals surface area contributed by atoms with Gasteiger partial charge in [0.15, 0.2) is 11.4 Å². The molecule has 2 aliphatic carbocycles. The summed E-state index contributed by atoms with van der Waals surface area (Å²) in [5.74, 6) is -0.588. The van der Waals surface area contributed by atoms with E-state index in [2.05, 4.69) is 21.6 Å². The van der Waals surface area contributed by atoms with Gasteiger partial charge in [-0.3, -0.25) is 0 Å². The summed E-state index contributed by atoms with van der Waals surface area (Å²) in [4.78, 5) is 35.2. The number of para-hydroxylation sites is 1. The maximum absolute atomic E-state index is 13.5. The number of nitrogens with zero attached hydrogens (tertiary/aromatic N) is 6. The fourth-order valence-electron chi connectivity index (χ4n) is 5.37. The number of hydrogen-bond donors (Lipinski definition) is 1. The molecule has 1 unspecified atom stereocenters. The molecule has 9 nitrogen and oxygen atoms in total. The molecule has 0 aliphatic heterocycles. The van der Waals surface area contributed by atoms with E-state index in [0.717, 1.165) is 4.57 Å². The van der Waals surface area contributed by atoms with Crippen LogP contribution in [0.5, 0.6) is 0 Å². The molecule has 2 aromatic heterocycles. The van der Waals surface area contributed by atoms with Crippen molar-refractivity contribution >= 4 is 0 Å². The van der Waals surface area contributed by atoms with E-state index >= 15 is 0 Å². The predicted molar refractivity (Wildman–Crippen MR) is 110 cm³/mol. The molecular formula is C22H17N7O2. The summed E-state index contributed by atoms with van der Waals surface area (Å²) >= 11 is 0. The lowest BCUT2D eigenvalue weighted by molar-refractivity contribution is 0.267. The number of allylic oxidation sites excluding steroid dienone is 1. The van der Waals surface area contributed by atoms with E-state index in [-0.39, 0.29) is 23.2 Å². The lowest BCUT2D eigenvalue weighted by Crippen LogP contribution is -2.45. The minimum atomic E-state index is -0.973. The molecule has 2 heterocycles. The van der Waals surface area contributed by atoms with Crippen LogP contribution in [-0.2, 0) is 5.54 Å². The van der Waals surface area contributed by atoms with Gasteiger partial charge in [-0.2, -0.15) is 10.5 Å². The SMILES string of the molecule is C=C(C)C1(n2[nH]c(=O)n(-c3ccccc3)c2=O)[C@@H]2CC[C@H]1c1nc(C#N)c(C#N)nc12. The first kappa shape index (κ1) is 18.8. The second-order valence-electron chi connectivity index (χ2n) is 7.91. The van der Waals surface area contributed by atoms with Crippen molar-refractivity contribution in [2.75, 3.05) is 0 Å². The molecule has 152 valence electrons. The van der Waals surface area contributed by atoms with Crippen molar-refractivity contribution in [2.24, 2.45) is 0 Å². The van der Waals surface area contributed by atoms with Gasteiger partial charge >= 0.3 is 11.4 Å². The number of hydrogen-bond acceptors (Lipinski definition) is 6. The minimum absolute atomic E-state index is 0.0351. The Balaban J connectivity index is 1.79. The van der Waals surface area contributed by atoms with Crippen molar-refractivity contribution in [1.82, 2.24) is 24.3 Å². The molecule has 5 rings (SSSR count). The number of aromatic amines is 1. The number of benzene rings is 1. The van der Waals surface area contributed by atoms with Crippen molar-refractivity contribution in [3.63, 3.8) is 0 Å². The third-order valence-electron chi connectivity index (χ3n) is 6.49. The van der Waals surface area contributed by atoms with E-state index in [1.165, 1.54) is 4.68 Å². The van der Waals surface area contributed by atoms with Gasteiger partial charge in [-0.1, -0.05) is 30.4 Å². The fraction of sp³-hybridized carbons (Fsp3) is 0.273. The Kier molecular flexibility index (Phi) is 3.86. The van der Waals surface area contributed by atoms with Crippen LogP contribution in [0, 0.1) is 22.7 Å². The van der Waals surface area contributed by atoms with Gasteiger partial charge in [0.05, 0.1) is 17.1 Å². The van der Waals surface area contributed by atoms with E-state index in [9.17, 15) is 20.1 Å². The zero-order valence-electron chi connectivity index (χ0n) is 16.7. The highest BCUT2D eigenvalue weighted by Crippen LogP contribution is 2.64. The first-order valence-corrected chi connectivity index (χ1v) is 9.83. The Morgan fingerprint density at radius 1 is 1.10 bits per heavy atom. The number of rotatable bonds is 3. The van der Waals surface area contributed by atoms with Crippen molar-refractivity contribution in [2.45, 2.75) is 37.1 Å². The lowest BCUT2D eigenvalue weighted by atomic mass is 9.80. The average molecular weight is 411 g/mol. The molecule has 1 fully saturated rings. The molecule has 1 N–H and O–H groups in total. The molecule has 9 heteroatoms. The van der Waals surface area contributed by atoms with Gasteiger partial charge in [0.25, 0.3) is 0 Å². The molecule has 0 radical (unpaired) electrons. The third-order valence-corrected chi connectivity index (χ3v) is 6.49. The minimum Gasteiger partial charge on any atom is -0.246 e. The normalized spacial score (nSPS) is 23.2. The van der Waals surface area contributed by atoms with Gasteiger partial charge in [-0.05, 0) is 31.9 Å². The molecule has 1 saturated carbocycles. The summed E-state index contributed by atoms with van der Waals surface area (Å²) in [6, 6.07) is 12.5. The van der Waals surface area contributed by atoms with Gasteiger partial charge in [-0.25, -0.2) is 33.9 Å². The standard InChI is InChI=1S/C22H17N7O2/c1-12(2)22(29-21(31)28(20(30)27-29)13-6-4-3-5-7-13)14-8-9-15(22)19-18(14)25-16(10-23)17(11-24)26-19/h3-7,14-15H,1,8-9H2,2H3,(H,27,30)/t14-,15+,22?. The zero-order valence-corrected chi connectivity index (χ0v) is 16.7.